The number of ether oxygens (including phenoxy) is 3. The fraction of sp³-hybridized carbons (Fsp3) is 0.300. The number of nitrogens with one attached hydrogen (secondary N) is 1. The van der Waals surface area contributed by atoms with Crippen LogP contribution in [0.4, 0.5) is 16.3 Å². The van der Waals surface area contributed by atoms with Gasteiger partial charge in [-0.15, -0.1) is 0 Å². The minimum Gasteiger partial charge on any atom is -0.494 e. The lowest BCUT2D eigenvalue weighted by Gasteiger charge is -2.28. The van der Waals surface area contributed by atoms with Gasteiger partial charge in [0, 0.05) is 23.5 Å². The number of hydrogen-bond donors (Lipinski definition) is 1. The molecule has 0 saturated heterocycles. The number of carbonyl (C=O) groups excluding carboxylic acids is 1. The molecule has 0 aliphatic carbocycles. The van der Waals surface area contributed by atoms with E-state index in [1.807, 2.05) is 99.1 Å². The van der Waals surface area contributed by atoms with Crippen molar-refractivity contribution in [3.8, 4) is 17.3 Å². The Morgan fingerprint density at radius 3 is 2.59 bits per heavy atom. The van der Waals surface area contributed by atoms with E-state index >= 15 is 0 Å². The van der Waals surface area contributed by atoms with E-state index in [9.17, 15) is 4.79 Å². The first-order valence-corrected chi connectivity index (χ1v) is 12.8. The second-order valence-electron chi connectivity index (χ2n) is 10.5. The molecule has 5 rings (SSSR count). The van der Waals surface area contributed by atoms with Crippen molar-refractivity contribution in [3.05, 3.63) is 90.0 Å². The molecule has 202 valence electrons. The van der Waals surface area contributed by atoms with Gasteiger partial charge in [0.2, 0.25) is 5.88 Å². The van der Waals surface area contributed by atoms with Crippen LogP contribution in [0.2, 0.25) is 0 Å². The topological polar surface area (TPSA) is 90.7 Å². The van der Waals surface area contributed by atoms with Gasteiger partial charge in [-0.3, -0.25) is 4.90 Å². The molecule has 9 nitrogen and oxygen atoms in total. The molecule has 0 spiro atoms. The summed E-state index contributed by atoms with van der Waals surface area (Å²) in [5, 5.41) is 3.35. The molecule has 1 aliphatic heterocycles. The molecule has 0 radical (unpaired) electrons. The molecule has 1 N–H and O–H groups in total. The number of nitrogens with zero attached hydrogens (tertiary/aromatic N) is 4. The standard InChI is InChI=1S/C30H33N5O4/c1-20-16-35(19-31-20)24-13-12-23(15-25(24)37-5)32-27-14-11-22-17-34(29(36)39-30(2,3)4)18-26(38-28(22)33-27)21-9-7-6-8-10-21/h6-16,19,26H,17-18H2,1-5H3,(H,32,33)/t26-/m0/s1. The summed E-state index contributed by atoms with van der Waals surface area (Å²) in [4.78, 5) is 23.8. The molecule has 2 aromatic heterocycles. The molecule has 0 bridgehead atoms. The number of aryl methyl sites for hydroxylation is 1. The lowest BCUT2D eigenvalue weighted by molar-refractivity contribution is 0.0177. The number of anilines is 2. The molecule has 2 aromatic carbocycles. The Morgan fingerprint density at radius 1 is 1.10 bits per heavy atom. The molecule has 39 heavy (non-hydrogen) atoms. The van der Waals surface area contributed by atoms with Gasteiger partial charge in [-0.05, 0) is 57.5 Å². The minimum absolute atomic E-state index is 0.327. The van der Waals surface area contributed by atoms with E-state index in [1.165, 1.54) is 0 Å². The van der Waals surface area contributed by atoms with Crippen LogP contribution in [-0.4, -0.2) is 44.8 Å². The van der Waals surface area contributed by atoms with Crippen LogP contribution in [0.3, 0.4) is 0 Å². The summed E-state index contributed by atoms with van der Waals surface area (Å²) in [5.41, 5.74) is 3.77. The van der Waals surface area contributed by atoms with Crippen LogP contribution < -0.4 is 14.8 Å². The van der Waals surface area contributed by atoms with Crippen LogP contribution in [0.5, 0.6) is 11.6 Å². The Hall–Kier alpha value is -4.53. The van der Waals surface area contributed by atoms with Crippen LogP contribution in [0.1, 0.15) is 43.7 Å². The predicted octanol–water partition coefficient (Wildman–Crippen LogP) is 6.20. The van der Waals surface area contributed by atoms with Gasteiger partial charge >= 0.3 is 6.09 Å². The number of aromatic nitrogens is 3. The first-order valence-electron chi connectivity index (χ1n) is 12.8. The first-order chi connectivity index (χ1) is 18.7. The highest BCUT2D eigenvalue weighted by molar-refractivity contribution is 5.69. The van der Waals surface area contributed by atoms with E-state index in [-0.39, 0.29) is 6.09 Å². The summed E-state index contributed by atoms with van der Waals surface area (Å²) < 4.78 is 19.7. The van der Waals surface area contributed by atoms with Gasteiger partial charge < -0.3 is 24.1 Å². The summed E-state index contributed by atoms with van der Waals surface area (Å²) in [6.07, 6.45) is 2.91. The monoisotopic (exact) mass is 527 g/mol. The van der Waals surface area contributed by atoms with Crippen LogP contribution in [0.15, 0.2) is 73.2 Å². The summed E-state index contributed by atoms with van der Waals surface area (Å²) in [7, 11) is 1.64. The van der Waals surface area contributed by atoms with Crippen molar-refractivity contribution in [1.29, 1.82) is 0 Å². The van der Waals surface area contributed by atoms with Crippen molar-refractivity contribution in [1.82, 2.24) is 19.4 Å². The van der Waals surface area contributed by atoms with E-state index in [0.29, 0.717) is 30.5 Å². The van der Waals surface area contributed by atoms with Gasteiger partial charge in [0.05, 0.1) is 37.9 Å². The lowest BCUT2D eigenvalue weighted by atomic mass is 10.1. The number of imidazole rings is 1. The largest absolute Gasteiger partial charge is 0.494 e. The zero-order chi connectivity index (χ0) is 27.6. The first kappa shape index (κ1) is 26.1. The number of carbonyl (C=O) groups is 1. The summed E-state index contributed by atoms with van der Waals surface area (Å²) >= 11 is 0. The second kappa shape index (κ2) is 10.7. The van der Waals surface area contributed by atoms with Crippen molar-refractivity contribution >= 4 is 17.6 Å². The smallest absolute Gasteiger partial charge is 0.410 e. The molecule has 0 saturated carbocycles. The molecule has 1 amide bonds. The van der Waals surface area contributed by atoms with Gasteiger partial charge in [-0.25, -0.2) is 9.78 Å². The quantitative estimate of drug-likeness (QED) is 0.330. The average Bonchev–Trinajstić information content (AvgIpc) is 3.24. The Labute approximate surface area is 228 Å². The van der Waals surface area contributed by atoms with Crippen molar-refractivity contribution < 1.29 is 19.0 Å². The third kappa shape index (κ3) is 6.14. The third-order valence-corrected chi connectivity index (χ3v) is 6.21. The van der Waals surface area contributed by atoms with Gasteiger partial charge in [0.15, 0.2) is 0 Å². The van der Waals surface area contributed by atoms with Crippen LogP contribution in [-0.2, 0) is 11.3 Å². The lowest BCUT2D eigenvalue weighted by Crippen LogP contribution is -2.38. The van der Waals surface area contributed by atoms with Crippen LogP contribution >= 0.6 is 0 Å². The highest BCUT2D eigenvalue weighted by atomic mass is 16.6. The molecule has 9 heteroatoms. The van der Waals surface area contributed by atoms with E-state index in [2.05, 4.69) is 10.3 Å². The Morgan fingerprint density at radius 2 is 1.90 bits per heavy atom. The zero-order valence-corrected chi connectivity index (χ0v) is 22.8. The van der Waals surface area contributed by atoms with E-state index in [4.69, 9.17) is 19.2 Å². The number of amides is 1. The summed E-state index contributed by atoms with van der Waals surface area (Å²) in [6.45, 7) is 8.19. The molecule has 1 atom stereocenters. The number of pyridine rings is 1. The van der Waals surface area contributed by atoms with Crippen molar-refractivity contribution in [3.63, 3.8) is 0 Å². The maximum Gasteiger partial charge on any atom is 0.410 e. The Kier molecular flexibility index (Phi) is 7.15. The van der Waals surface area contributed by atoms with Crippen molar-refractivity contribution in [2.45, 2.75) is 45.9 Å². The fourth-order valence-electron chi connectivity index (χ4n) is 4.38. The molecular weight excluding hydrogens is 494 g/mol. The van der Waals surface area contributed by atoms with E-state index < -0.39 is 11.7 Å². The number of benzene rings is 2. The SMILES string of the molecule is COc1cc(Nc2ccc3c(n2)O[C@H](c2ccccc2)CN(C(=O)OC(C)(C)C)C3)ccc1-n1cnc(C)c1. The van der Waals surface area contributed by atoms with Gasteiger partial charge in [-0.2, -0.15) is 4.98 Å². The molecule has 1 aliphatic rings. The van der Waals surface area contributed by atoms with Gasteiger partial charge in [-0.1, -0.05) is 30.3 Å². The average molecular weight is 528 g/mol. The Bertz CT molecular complexity index is 1460. The van der Waals surface area contributed by atoms with E-state index in [1.54, 1.807) is 18.3 Å². The second-order valence-corrected chi connectivity index (χ2v) is 10.5. The number of rotatable bonds is 5. The minimum atomic E-state index is -0.603. The van der Waals surface area contributed by atoms with Crippen molar-refractivity contribution in [2.24, 2.45) is 0 Å². The highest BCUT2D eigenvalue weighted by Crippen LogP contribution is 2.33. The molecule has 4 aromatic rings. The normalized spacial score (nSPS) is 15.1. The zero-order valence-electron chi connectivity index (χ0n) is 22.8. The number of fused-ring (bicyclic) bond motifs is 1. The molecule has 3 heterocycles. The molecule has 0 unspecified atom stereocenters. The van der Waals surface area contributed by atoms with Crippen LogP contribution in [0, 0.1) is 6.92 Å². The van der Waals surface area contributed by atoms with E-state index in [0.717, 1.165) is 28.2 Å². The predicted molar refractivity (Wildman–Crippen MR) is 149 cm³/mol. The summed E-state index contributed by atoms with van der Waals surface area (Å²) in [6, 6.07) is 19.5. The maximum absolute atomic E-state index is 13.1. The molecule has 0 fully saturated rings. The third-order valence-electron chi connectivity index (χ3n) is 6.21. The fourth-order valence-corrected chi connectivity index (χ4v) is 4.38. The number of hydrogen-bond acceptors (Lipinski definition) is 7. The van der Waals surface area contributed by atoms with Crippen molar-refractivity contribution in [2.75, 3.05) is 19.0 Å². The summed E-state index contributed by atoms with van der Waals surface area (Å²) in [5.74, 6) is 1.78. The maximum atomic E-state index is 13.1. The highest BCUT2D eigenvalue weighted by Gasteiger charge is 2.31. The van der Waals surface area contributed by atoms with Gasteiger partial charge in [0.1, 0.15) is 23.3 Å². The molecular formula is C30H33N5O4. The Balaban J connectivity index is 1.43. The van der Waals surface area contributed by atoms with Gasteiger partial charge in [0.25, 0.3) is 0 Å². The number of methoxy groups -OCH3 is 1. The van der Waals surface area contributed by atoms with Crippen LogP contribution in [0.25, 0.3) is 5.69 Å².